The molecular weight excluding hydrogens is 240 g/mol. The van der Waals surface area contributed by atoms with Gasteiger partial charge in [-0.3, -0.25) is 4.79 Å². The fourth-order valence-corrected chi connectivity index (χ4v) is 1.76. The van der Waals surface area contributed by atoms with E-state index in [1.807, 2.05) is 18.2 Å². The van der Waals surface area contributed by atoms with Crippen molar-refractivity contribution in [1.29, 1.82) is 0 Å². The van der Waals surface area contributed by atoms with E-state index in [4.69, 9.17) is 0 Å². The van der Waals surface area contributed by atoms with Crippen LogP contribution in [0.1, 0.15) is 22.8 Å². The highest BCUT2D eigenvalue weighted by atomic mass is 16.3. The number of ketones is 1. The van der Waals surface area contributed by atoms with E-state index < -0.39 is 0 Å². The van der Waals surface area contributed by atoms with E-state index in [1.165, 1.54) is 12.1 Å². The predicted octanol–water partition coefficient (Wildman–Crippen LogP) is 3.38. The topological polar surface area (TPSA) is 57.5 Å². The number of benzene rings is 2. The van der Waals surface area contributed by atoms with Crippen LogP contribution in [0.4, 0.5) is 0 Å². The lowest BCUT2D eigenvalue weighted by molar-refractivity contribution is 0.103. The maximum atomic E-state index is 12.1. The first-order valence-corrected chi connectivity index (χ1v) is 5.88. The molecule has 19 heavy (non-hydrogen) atoms. The molecule has 0 amide bonds. The third-order valence-electron chi connectivity index (χ3n) is 2.78. The minimum Gasteiger partial charge on any atom is -0.504 e. The fraction of sp³-hybridized carbons (Fsp3) is 0.0625. The highest BCUT2D eigenvalue weighted by molar-refractivity contribution is 6.10. The maximum Gasteiger partial charge on any atom is 0.188 e. The van der Waals surface area contributed by atoms with Gasteiger partial charge in [-0.25, -0.2) is 0 Å². The van der Waals surface area contributed by atoms with Gasteiger partial charge >= 0.3 is 0 Å². The average Bonchev–Trinajstić information content (AvgIpc) is 2.43. The minimum absolute atomic E-state index is 0.0619. The Balaban J connectivity index is 2.28. The number of phenolic OH excluding ortho intramolecular Hbond substituents is 2. The van der Waals surface area contributed by atoms with E-state index in [-0.39, 0.29) is 17.3 Å². The number of hydrogen-bond donors (Lipinski definition) is 2. The Morgan fingerprint density at radius 3 is 2.32 bits per heavy atom. The van der Waals surface area contributed by atoms with E-state index in [1.54, 1.807) is 31.2 Å². The van der Waals surface area contributed by atoms with E-state index in [0.29, 0.717) is 16.7 Å². The van der Waals surface area contributed by atoms with Crippen LogP contribution in [0.3, 0.4) is 0 Å². The molecule has 2 rings (SSSR count). The molecule has 0 aromatic heterocycles. The number of allylic oxidation sites excluding steroid dienone is 1. The highest BCUT2D eigenvalue weighted by Gasteiger charge is 2.07. The van der Waals surface area contributed by atoms with Gasteiger partial charge in [0, 0.05) is 5.56 Å². The summed E-state index contributed by atoms with van der Waals surface area (Å²) >= 11 is 0. The molecule has 0 aliphatic carbocycles. The molecule has 0 unspecified atom stereocenters. The number of carbonyl (C=O) groups is 1. The zero-order valence-corrected chi connectivity index (χ0v) is 10.5. The average molecular weight is 254 g/mol. The largest absolute Gasteiger partial charge is 0.504 e. The zero-order valence-electron chi connectivity index (χ0n) is 10.5. The lowest BCUT2D eigenvalue weighted by Gasteiger charge is -2.03. The molecule has 0 saturated carbocycles. The molecule has 3 nitrogen and oxygen atoms in total. The summed E-state index contributed by atoms with van der Waals surface area (Å²) in [5.74, 6) is -0.439. The van der Waals surface area contributed by atoms with Crippen LogP contribution in [0.5, 0.6) is 11.5 Å². The first-order chi connectivity index (χ1) is 9.08. The van der Waals surface area contributed by atoms with Crippen LogP contribution < -0.4 is 0 Å². The standard InChI is InChI=1S/C16H14O3/c1-11(16(19)13-5-3-2-4-6-13)9-12-7-8-14(17)15(18)10-12/h2-10,17-18H,1H3. The lowest BCUT2D eigenvalue weighted by atomic mass is 10.0. The Bertz CT molecular complexity index is 628. The third kappa shape index (κ3) is 3.01. The van der Waals surface area contributed by atoms with Crippen LogP contribution in [0.25, 0.3) is 6.08 Å². The number of Topliss-reactive ketones (excluding diaryl/α,β-unsaturated/α-hetero) is 1. The summed E-state index contributed by atoms with van der Waals surface area (Å²) in [6, 6.07) is 13.4. The molecule has 0 aliphatic rings. The van der Waals surface area contributed by atoms with Gasteiger partial charge in [0.15, 0.2) is 17.3 Å². The van der Waals surface area contributed by atoms with Crippen molar-refractivity contribution in [3.63, 3.8) is 0 Å². The van der Waals surface area contributed by atoms with Crippen molar-refractivity contribution in [2.24, 2.45) is 0 Å². The summed E-state index contributed by atoms with van der Waals surface area (Å²) in [5.41, 5.74) is 1.85. The summed E-state index contributed by atoms with van der Waals surface area (Å²) in [6.07, 6.45) is 1.68. The molecule has 2 N–H and O–H groups in total. The molecule has 0 spiro atoms. The second-order valence-corrected chi connectivity index (χ2v) is 4.27. The van der Waals surface area contributed by atoms with Gasteiger partial charge in [-0.05, 0) is 36.3 Å². The normalized spacial score (nSPS) is 11.3. The minimum atomic E-state index is -0.200. The number of aromatic hydroxyl groups is 2. The molecule has 0 aliphatic heterocycles. The summed E-state index contributed by atoms with van der Waals surface area (Å²) < 4.78 is 0. The number of carbonyl (C=O) groups excluding carboxylic acids is 1. The molecule has 0 fully saturated rings. The third-order valence-corrected chi connectivity index (χ3v) is 2.78. The van der Waals surface area contributed by atoms with Crippen molar-refractivity contribution in [2.75, 3.05) is 0 Å². The Morgan fingerprint density at radius 1 is 1.00 bits per heavy atom. The predicted molar refractivity (Wildman–Crippen MR) is 74.2 cm³/mol. The first-order valence-electron chi connectivity index (χ1n) is 5.88. The number of rotatable bonds is 3. The van der Waals surface area contributed by atoms with Crippen molar-refractivity contribution in [1.82, 2.24) is 0 Å². The fourth-order valence-electron chi connectivity index (χ4n) is 1.76. The molecule has 0 heterocycles. The SMILES string of the molecule is CC(=Cc1ccc(O)c(O)c1)C(=O)c1ccccc1. The van der Waals surface area contributed by atoms with Gasteiger partial charge in [-0.2, -0.15) is 0 Å². The van der Waals surface area contributed by atoms with Gasteiger partial charge in [-0.1, -0.05) is 36.4 Å². The van der Waals surface area contributed by atoms with Crippen LogP contribution in [0.15, 0.2) is 54.1 Å². The van der Waals surface area contributed by atoms with E-state index in [9.17, 15) is 15.0 Å². The highest BCUT2D eigenvalue weighted by Crippen LogP contribution is 2.26. The van der Waals surface area contributed by atoms with Gasteiger partial charge in [-0.15, -0.1) is 0 Å². The van der Waals surface area contributed by atoms with E-state index in [2.05, 4.69) is 0 Å². The number of hydrogen-bond acceptors (Lipinski definition) is 3. The molecule has 0 saturated heterocycles. The summed E-state index contributed by atoms with van der Waals surface area (Å²) in [5, 5.41) is 18.6. The van der Waals surface area contributed by atoms with Crippen LogP contribution >= 0.6 is 0 Å². The number of phenols is 2. The van der Waals surface area contributed by atoms with Crippen LogP contribution in [-0.4, -0.2) is 16.0 Å². The molecule has 0 radical (unpaired) electrons. The van der Waals surface area contributed by atoms with Gasteiger partial charge in [0.05, 0.1) is 0 Å². The lowest BCUT2D eigenvalue weighted by Crippen LogP contribution is -1.99. The monoisotopic (exact) mass is 254 g/mol. The van der Waals surface area contributed by atoms with Crippen molar-refractivity contribution in [2.45, 2.75) is 6.92 Å². The Hall–Kier alpha value is -2.55. The molecule has 0 bridgehead atoms. The van der Waals surface area contributed by atoms with Gasteiger partial charge in [0.25, 0.3) is 0 Å². The van der Waals surface area contributed by atoms with E-state index >= 15 is 0 Å². The zero-order chi connectivity index (χ0) is 13.8. The van der Waals surface area contributed by atoms with Crippen LogP contribution in [-0.2, 0) is 0 Å². The van der Waals surface area contributed by atoms with Crippen LogP contribution in [0.2, 0.25) is 0 Å². The Kier molecular flexibility index (Phi) is 3.66. The summed E-state index contributed by atoms with van der Waals surface area (Å²) in [6.45, 7) is 1.72. The van der Waals surface area contributed by atoms with Crippen LogP contribution in [0, 0.1) is 0 Å². The molecular formula is C16H14O3. The van der Waals surface area contributed by atoms with Gasteiger partial charge < -0.3 is 10.2 Å². The maximum absolute atomic E-state index is 12.1. The van der Waals surface area contributed by atoms with Crippen molar-refractivity contribution in [3.05, 3.63) is 65.2 Å². The van der Waals surface area contributed by atoms with Crippen molar-refractivity contribution < 1.29 is 15.0 Å². The summed E-state index contributed by atoms with van der Waals surface area (Å²) in [4.78, 5) is 12.1. The Labute approximate surface area is 111 Å². The smallest absolute Gasteiger partial charge is 0.188 e. The van der Waals surface area contributed by atoms with Gasteiger partial charge in [0.2, 0.25) is 0 Å². The molecule has 2 aromatic rings. The second kappa shape index (κ2) is 5.40. The van der Waals surface area contributed by atoms with E-state index in [0.717, 1.165) is 0 Å². The molecule has 3 heteroatoms. The molecule has 96 valence electrons. The van der Waals surface area contributed by atoms with Gasteiger partial charge in [0.1, 0.15) is 0 Å². The first kappa shape index (κ1) is 12.9. The van der Waals surface area contributed by atoms with Crippen molar-refractivity contribution in [3.8, 4) is 11.5 Å². The second-order valence-electron chi connectivity index (χ2n) is 4.27. The quantitative estimate of drug-likeness (QED) is 0.501. The summed E-state index contributed by atoms with van der Waals surface area (Å²) in [7, 11) is 0. The van der Waals surface area contributed by atoms with Crippen molar-refractivity contribution >= 4 is 11.9 Å². The molecule has 0 atom stereocenters. The Morgan fingerprint density at radius 2 is 1.68 bits per heavy atom. The molecule has 2 aromatic carbocycles.